The highest BCUT2D eigenvalue weighted by Gasteiger charge is 2.42. The predicted octanol–water partition coefficient (Wildman–Crippen LogP) is 4.55. The highest BCUT2D eigenvalue weighted by molar-refractivity contribution is 6.30. The molecule has 27 heavy (non-hydrogen) atoms. The van der Waals surface area contributed by atoms with Crippen molar-refractivity contribution in [2.45, 2.75) is 31.6 Å². The van der Waals surface area contributed by atoms with Gasteiger partial charge >= 0.3 is 0 Å². The van der Waals surface area contributed by atoms with Gasteiger partial charge in [-0.25, -0.2) is 4.68 Å². The molecule has 2 aromatic carbocycles. The molecule has 0 aliphatic carbocycles. The van der Waals surface area contributed by atoms with E-state index in [1.165, 1.54) is 16.7 Å². The van der Waals surface area contributed by atoms with Crippen LogP contribution in [0.3, 0.4) is 0 Å². The third-order valence-corrected chi connectivity index (χ3v) is 6.03. The van der Waals surface area contributed by atoms with Crippen LogP contribution in [0.15, 0.2) is 60.9 Å². The first kappa shape index (κ1) is 17.0. The Labute approximate surface area is 164 Å². The van der Waals surface area contributed by atoms with Crippen molar-refractivity contribution in [1.82, 2.24) is 14.7 Å². The van der Waals surface area contributed by atoms with Crippen LogP contribution in [-0.4, -0.2) is 27.8 Å². The number of benzene rings is 2. The quantitative estimate of drug-likeness (QED) is 0.669. The Morgan fingerprint density at radius 1 is 1.07 bits per heavy atom. The van der Waals surface area contributed by atoms with Crippen LogP contribution in [0.1, 0.15) is 29.5 Å². The summed E-state index contributed by atoms with van der Waals surface area (Å²) in [5.41, 5.74) is 4.77. The molecule has 0 saturated carbocycles. The maximum atomic E-state index is 6.27. The number of hydrogen-bond donors (Lipinski definition) is 0. The minimum absolute atomic E-state index is 0.148. The van der Waals surface area contributed by atoms with Gasteiger partial charge < -0.3 is 4.74 Å². The molecule has 1 aromatic heterocycles. The van der Waals surface area contributed by atoms with Gasteiger partial charge in [0.25, 0.3) is 0 Å². The Kier molecular flexibility index (Phi) is 4.27. The monoisotopic (exact) mass is 379 g/mol. The van der Waals surface area contributed by atoms with Crippen molar-refractivity contribution in [3.63, 3.8) is 0 Å². The fraction of sp³-hybridized carbons (Fsp3) is 0.318. The van der Waals surface area contributed by atoms with E-state index in [9.17, 15) is 0 Å². The number of nitrogens with zero attached hydrogens (tertiary/aromatic N) is 3. The van der Waals surface area contributed by atoms with E-state index in [0.29, 0.717) is 6.61 Å². The van der Waals surface area contributed by atoms with Crippen LogP contribution in [0.4, 0.5) is 0 Å². The Hall–Kier alpha value is -2.14. The highest BCUT2D eigenvalue weighted by Crippen LogP contribution is 2.45. The van der Waals surface area contributed by atoms with Crippen LogP contribution in [0.5, 0.6) is 0 Å². The molecule has 0 amide bonds. The van der Waals surface area contributed by atoms with Gasteiger partial charge in [0.2, 0.25) is 0 Å². The van der Waals surface area contributed by atoms with Gasteiger partial charge in [-0.3, -0.25) is 4.90 Å². The third kappa shape index (κ3) is 3.18. The lowest BCUT2D eigenvalue weighted by Gasteiger charge is -2.39. The van der Waals surface area contributed by atoms with Crippen molar-refractivity contribution in [2.24, 2.45) is 0 Å². The average Bonchev–Trinajstić information content (AvgIpc) is 3.30. The van der Waals surface area contributed by atoms with E-state index in [4.69, 9.17) is 16.3 Å². The van der Waals surface area contributed by atoms with Gasteiger partial charge in [-0.15, -0.1) is 0 Å². The third-order valence-electron chi connectivity index (χ3n) is 5.79. The van der Waals surface area contributed by atoms with Crippen LogP contribution >= 0.6 is 11.6 Å². The molecular formula is C22H22ClN3O. The zero-order valence-electron chi connectivity index (χ0n) is 15.1. The highest BCUT2D eigenvalue weighted by atomic mass is 35.5. The molecule has 2 aliphatic rings. The van der Waals surface area contributed by atoms with E-state index in [2.05, 4.69) is 40.5 Å². The van der Waals surface area contributed by atoms with E-state index in [0.717, 1.165) is 43.2 Å². The van der Waals surface area contributed by atoms with Crippen LogP contribution in [0.25, 0.3) is 5.69 Å². The molecule has 5 heteroatoms. The number of hydrogen-bond acceptors (Lipinski definition) is 3. The standard InChI is InChI=1S/C22H22ClN3O/c23-19-7-6-18-16-27-22(21(18)12-19)8-10-25(11-9-22)14-17-13-24-26(15-17)20-4-2-1-3-5-20/h1-7,12-13,15H,8-11,14,16H2. The number of fused-ring (bicyclic) bond motifs is 2. The van der Waals surface area contributed by atoms with Crippen LogP contribution in [0, 0.1) is 0 Å². The SMILES string of the molecule is Clc1ccc2c(c1)C1(CCN(Cc3cnn(-c4ccccc4)c3)CC1)OC2. The lowest BCUT2D eigenvalue weighted by molar-refractivity contribution is -0.0799. The summed E-state index contributed by atoms with van der Waals surface area (Å²) >= 11 is 6.24. The number of aromatic nitrogens is 2. The van der Waals surface area contributed by atoms with Crippen LogP contribution in [-0.2, 0) is 23.5 Å². The lowest BCUT2D eigenvalue weighted by atomic mass is 9.84. The Balaban J connectivity index is 1.26. The summed E-state index contributed by atoms with van der Waals surface area (Å²) in [6.45, 7) is 3.66. The lowest BCUT2D eigenvalue weighted by Crippen LogP contribution is -2.42. The van der Waals surface area contributed by atoms with Crippen LogP contribution < -0.4 is 0 Å². The Morgan fingerprint density at radius 3 is 2.70 bits per heavy atom. The second-order valence-corrected chi connectivity index (χ2v) is 7.93. The average molecular weight is 380 g/mol. The first-order valence-corrected chi connectivity index (χ1v) is 9.84. The van der Waals surface area contributed by atoms with E-state index in [1.807, 2.05) is 35.1 Å². The number of piperidine rings is 1. The first-order valence-electron chi connectivity index (χ1n) is 9.46. The van der Waals surface area contributed by atoms with Gasteiger partial charge in [-0.1, -0.05) is 35.9 Å². The molecule has 0 bridgehead atoms. The number of ether oxygens (including phenoxy) is 1. The minimum Gasteiger partial charge on any atom is -0.365 e. The summed E-state index contributed by atoms with van der Waals surface area (Å²) in [7, 11) is 0. The summed E-state index contributed by atoms with van der Waals surface area (Å²) < 4.78 is 8.21. The summed E-state index contributed by atoms with van der Waals surface area (Å²) in [5.74, 6) is 0. The van der Waals surface area contributed by atoms with Gasteiger partial charge in [0.15, 0.2) is 0 Å². The van der Waals surface area contributed by atoms with Gasteiger partial charge in [0, 0.05) is 36.4 Å². The predicted molar refractivity (Wildman–Crippen MR) is 106 cm³/mol. The zero-order valence-corrected chi connectivity index (χ0v) is 15.9. The van der Waals surface area contributed by atoms with Crippen molar-refractivity contribution in [1.29, 1.82) is 0 Å². The van der Waals surface area contributed by atoms with Crippen molar-refractivity contribution in [3.8, 4) is 5.69 Å². The number of halogens is 1. The molecule has 0 radical (unpaired) electrons. The normalized spacial score (nSPS) is 18.7. The topological polar surface area (TPSA) is 30.3 Å². The molecule has 1 fully saturated rings. The molecule has 1 saturated heterocycles. The van der Waals surface area contributed by atoms with Gasteiger partial charge in [0.05, 0.1) is 24.1 Å². The van der Waals surface area contributed by atoms with Crippen molar-refractivity contribution in [2.75, 3.05) is 13.1 Å². The maximum Gasteiger partial charge on any atom is 0.0964 e. The van der Waals surface area contributed by atoms with Gasteiger partial charge in [-0.05, 0) is 48.2 Å². The van der Waals surface area contributed by atoms with Crippen molar-refractivity contribution < 1.29 is 4.74 Å². The molecule has 138 valence electrons. The molecule has 5 rings (SSSR count). The van der Waals surface area contributed by atoms with Crippen molar-refractivity contribution >= 4 is 11.6 Å². The van der Waals surface area contributed by atoms with E-state index in [1.54, 1.807) is 0 Å². The fourth-order valence-corrected chi connectivity index (χ4v) is 4.47. The van der Waals surface area contributed by atoms with Gasteiger partial charge in [-0.2, -0.15) is 5.10 Å². The fourth-order valence-electron chi connectivity index (χ4n) is 4.30. The zero-order chi connectivity index (χ0) is 18.3. The first-order chi connectivity index (χ1) is 13.2. The summed E-state index contributed by atoms with van der Waals surface area (Å²) in [5, 5.41) is 5.31. The number of para-hydroxylation sites is 1. The second-order valence-electron chi connectivity index (χ2n) is 7.49. The van der Waals surface area contributed by atoms with E-state index < -0.39 is 0 Å². The molecule has 3 aromatic rings. The van der Waals surface area contributed by atoms with Gasteiger partial charge in [0.1, 0.15) is 0 Å². The summed E-state index contributed by atoms with van der Waals surface area (Å²) in [6, 6.07) is 16.4. The minimum atomic E-state index is -0.148. The largest absolute Gasteiger partial charge is 0.365 e. The van der Waals surface area contributed by atoms with E-state index >= 15 is 0 Å². The maximum absolute atomic E-state index is 6.27. The number of rotatable bonds is 3. The molecule has 0 unspecified atom stereocenters. The summed E-state index contributed by atoms with van der Waals surface area (Å²) in [4.78, 5) is 2.49. The molecule has 0 atom stereocenters. The summed E-state index contributed by atoms with van der Waals surface area (Å²) in [6.07, 6.45) is 6.11. The molecule has 4 nitrogen and oxygen atoms in total. The molecular weight excluding hydrogens is 358 g/mol. The molecule has 3 heterocycles. The van der Waals surface area contributed by atoms with E-state index in [-0.39, 0.29) is 5.60 Å². The molecule has 1 spiro atoms. The Morgan fingerprint density at radius 2 is 1.89 bits per heavy atom. The molecule has 0 N–H and O–H groups in total. The molecule has 2 aliphatic heterocycles. The Bertz CT molecular complexity index is 945. The van der Waals surface area contributed by atoms with Crippen LogP contribution in [0.2, 0.25) is 5.02 Å². The smallest absolute Gasteiger partial charge is 0.0964 e. The number of likely N-dealkylation sites (tertiary alicyclic amines) is 1. The second kappa shape index (κ2) is 6.79. The van der Waals surface area contributed by atoms with Crippen molar-refractivity contribution in [3.05, 3.63) is 82.6 Å².